The minimum absolute atomic E-state index is 0.0159. The van der Waals surface area contributed by atoms with Gasteiger partial charge in [-0.1, -0.05) is 16.8 Å². The van der Waals surface area contributed by atoms with E-state index in [-0.39, 0.29) is 23.3 Å². The molecule has 0 amide bonds. The van der Waals surface area contributed by atoms with Crippen LogP contribution in [0.25, 0.3) is 11.5 Å². The van der Waals surface area contributed by atoms with Crippen LogP contribution in [0.15, 0.2) is 47.0 Å². The molecule has 0 saturated heterocycles. The number of rotatable bonds is 5. The summed E-state index contributed by atoms with van der Waals surface area (Å²) in [5, 5.41) is 4.05. The van der Waals surface area contributed by atoms with E-state index in [4.69, 9.17) is 20.9 Å². The number of aromatic nitrogens is 2. The molecule has 1 aromatic heterocycles. The van der Waals surface area contributed by atoms with Gasteiger partial charge in [-0.25, -0.2) is 9.18 Å². The highest BCUT2D eigenvalue weighted by atomic mass is 35.5. The molecule has 25 heavy (non-hydrogen) atoms. The van der Waals surface area contributed by atoms with Gasteiger partial charge in [0.2, 0.25) is 5.82 Å². The van der Waals surface area contributed by atoms with Gasteiger partial charge in [-0.15, -0.1) is 0 Å². The quantitative estimate of drug-likeness (QED) is 0.641. The molecular formula is C17H12ClFN2O4. The average Bonchev–Trinajstić information content (AvgIpc) is 3.09. The fourth-order valence-corrected chi connectivity index (χ4v) is 2.26. The van der Waals surface area contributed by atoms with E-state index in [0.717, 1.165) is 0 Å². The van der Waals surface area contributed by atoms with Gasteiger partial charge in [0.15, 0.2) is 6.61 Å². The second kappa shape index (κ2) is 7.31. The minimum atomic E-state index is -0.490. The first-order valence-corrected chi connectivity index (χ1v) is 7.54. The van der Waals surface area contributed by atoms with Crippen molar-refractivity contribution in [1.82, 2.24) is 10.1 Å². The number of methoxy groups -OCH3 is 1. The van der Waals surface area contributed by atoms with E-state index < -0.39 is 5.97 Å². The Morgan fingerprint density at radius 3 is 2.68 bits per heavy atom. The van der Waals surface area contributed by atoms with Crippen molar-refractivity contribution in [1.29, 1.82) is 0 Å². The van der Waals surface area contributed by atoms with E-state index in [1.807, 2.05) is 0 Å². The highest BCUT2D eigenvalue weighted by molar-refractivity contribution is 6.32. The third kappa shape index (κ3) is 3.95. The van der Waals surface area contributed by atoms with E-state index in [1.165, 1.54) is 43.5 Å². The van der Waals surface area contributed by atoms with Crippen LogP contribution in [0.3, 0.4) is 0 Å². The summed E-state index contributed by atoms with van der Waals surface area (Å²) in [6, 6.07) is 10.2. The number of hydrogen-bond acceptors (Lipinski definition) is 6. The van der Waals surface area contributed by atoms with Crippen LogP contribution in [-0.4, -0.2) is 23.2 Å². The predicted molar refractivity (Wildman–Crippen MR) is 86.8 cm³/mol. The fourth-order valence-electron chi connectivity index (χ4n) is 2.03. The highest BCUT2D eigenvalue weighted by Gasteiger charge is 2.12. The molecule has 0 saturated carbocycles. The van der Waals surface area contributed by atoms with Gasteiger partial charge in [0, 0.05) is 5.56 Å². The van der Waals surface area contributed by atoms with Crippen LogP contribution in [0.4, 0.5) is 4.39 Å². The van der Waals surface area contributed by atoms with E-state index in [1.54, 1.807) is 6.07 Å². The Labute approximate surface area is 147 Å². The van der Waals surface area contributed by atoms with Gasteiger partial charge in [0.25, 0.3) is 5.89 Å². The lowest BCUT2D eigenvalue weighted by Crippen LogP contribution is -2.02. The molecule has 128 valence electrons. The van der Waals surface area contributed by atoms with Gasteiger partial charge < -0.3 is 14.0 Å². The highest BCUT2D eigenvalue weighted by Crippen LogP contribution is 2.26. The summed E-state index contributed by atoms with van der Waals surface area (Å²) in [5.41, 5.74) is 0.915. The Balaban J connectivity index is 1.68. The summed E-state index contributed by atoms with van der Waals surface area (Å²) in [6.07, 6.45) is 0. The first-order chi connectivity index (χ1) is 12.1. The number of nitrogens with zero attached hydrogens (tertiary/aromatic N) is 2. The monoisotopic (exact) mass is 362 g/mol. The first kappa shape index (κ1) is 16.9. The standard InChI is InChI=1S/C17H12ClFN2O4/c1-23-17(22)11-4-7-14(13(18)8-11)24-9-15-20-16(25-21-15)10-2-5-12(19)6-3-10/h2-8H,9H2,1H3. The van der Waals surface area contributed by atoms with E-state index >= 15 is 0 Å². The van der Waals surface area contributed by atoms with Crippen molar-refractivity contribution in [2.24, 2.45) is 0 Å². The number of halogens is 2. The molecule has 3 rings (SSSR count). The Morgan fingerprint density at radius 1 is 1.24 bits per heavy atom. The molecule has 8 heteroatoms. The lowest BCUT2D eigenvalue weighted by molar-refractivity contribution is 0.0600. The van der Waals surface area contributed by atoms with Gasteiger partial charge in [0.1, 0.15) is 11.6 Å². The van der Waals surface area contributed by atoms with Gasteiger partial charge in [-0.05, 0) is 42.5 Å². The smallest absolute Gasteiger partial charge is 0.337 e. The van der Waals surface area contributed by atoms with Crippen LogP contribution in [0, 0.1) is 5.82 Å². The summed E-state index contributed by atoms with van der Waals surface area (Å²) >= 11 is 6.08. The van der Waals surface area contributed by atoms with Crippen molar-refractivity contribution in [3.05, 3.63) is 64.7 Å². The maximum Gasteiger partial charge on any atom is 0.337 e. The van der Waals surface area contributed by atoms with Crippen LogP contribution in [0.1, 0.15) is 16.2 Å². The minimum Gasteiger partial charge on any atom is -0.484 e. The molecule has 6 nitrogen and oxygen atoms in total. The van der Waals surface area contributed by atoms with Crippen molar-refractivity contribution in [3.63, 3.8) is 0 Å². The molecule has 0 aliphatic carbocycles. The zero-order valence-electron chi connectivity index (χ0n) is 13.0. The zero-order chi connectivity index (χ0) is 17.8. The summed E-state index contributed by atoms with van der Waals surface area (Å²) in [6.45, 7) is 0.0159. The molecule has 0 unspecified atom stereocenters. The SMILES string of the molecule is COC(=O)c1ccc(OCc2noc(-c3ccc(F)cc3)n2)c(Cl)c1. The van der Waals surface area contributed by atoms with Crippen molar-refractivity contribution in [3.8, 4) is 17.2 Å². The Morgan fingerprint density at radius 2 is 2.00 bits per heavy atom. The molecule has 0 atom stereocenters. The van der Waals surface area contributed by atoms with Crippen molar-refractivity contribution >= 4 is 17.6 Å². The predicted octanol–water partition coefficient (Wildman–Crippen LogP) is 3.89. The number of hydrogen-bond donors (Lipinski definition) is 0. The molecule has 0 bridgehead atoms. The number of carbonyl (C=O) groups excluding carboxylic acids is 1. The number of ether oxygens (including phenoxy) is 2. The van der Waals surface area contributed by atoms with Crippen LogP contribution < -0.4 is 4.74 Å². The number of benzene rings is 2. The molecule has 0 N–H and O–H groups in total. The lowest BCUT2D eigenvalue weighted by Gasteiger charge is -2.07. The second-order valence-electron chi connectivity index (χ2n) is 4.95. The molecule has 2 aromatic carbocycles. The summed E-state index contributed by atoms with van der Waals surface area (Å²) in [5.74, 6) is 0.0769. The summed E-state index contributed by atoms with van der Waals surface area (Å²) in [7, 11) is 1.29. The fraction of sp³-hybridized carbons (Fsp3) is 0.118. The molecule has 0 radical (unpaired) electrons. The van der Waals surface area contributed by atoms with Crippen LogP contribution in [0.5, 0.6) is 5.75 Å². The third-order valence-corrected chi connectivity index (χ3v) is 3.56. The van der Waals surface area contributed by atoms with Crippen LogP contribution >= 0.6 is 11.6 Å². The molecule has 0 spiro atoms. The van der Waals surface area contributed by atoms with Crippen LogP contribution in [0.2, 0.25) is 5.02 Å². The molecule has 3 aromatic rings. The maximum atomic E-state index is 12.9. The van der Waals surface area contributed by atoms with Gasteiger partial charge in [-0.2, -0.15) is 4.98 Å². The van der Waals surface area contributed by atoms with E-state index in [2.05, 4.69) is 14.9 Å². The van der Waals surface area contributed by atoms with Gasteiger partial charge >= 0.3 is 5.97 Å². The molecule has 0 aliphatic rings. The number of esters is 1. The Kier molecular flexibility index (Phi) is 4.95. The third-order valence-electron chi connectivity index (χ3n) is 3.27. The normalized spacial score (nSPS) is 10.5. The van der Waals surface area contributed by atoms with Crippen LogP contribution in [-0.2, 0) is 11.3 Å². The topological polar surface area (TPSA) is 74.5 Å². The van der Waals surface area contributed by atoms with Gasteiger partial charge in [0.05, 0.1) is 17.7 Å². The van der Waals surface area contributed by atoms with Crippen molar-refractivity contribution < 1.29 is 23.2 Å². The molecular weight excluding hydrogens is 351 g/mol. The van der Waals surface area contributed by atoms with Crippen molar-refractivity contribution in [2.45, 2.75) is 6.61 Å². The first-order valence-electron chi connectivity index (χ1n) is 7.16. The molecule has 1 heterocycles. The average molecular weight is 363 g/mol. The largest absolute Gasteiger partial charge is 0.484 e. The summed E-state index contributed by atoms with van der Waals surface area (Å²) in [4.78, 5) is 15.6. The second-order valence-corrected chi connectivity index (χ2v) is 5.36. The summed E-state index contributed by atoms with van der Waals surface area (Å²) < 4.78 is 28.2. The lowest BCUT2D eigenvalue weighted by atomic mass is 10.2. The Bertz CT molecular complexity index is 896. The van der Waals surface area contributed by atoms with Gasteiger partial charge in [-0.3, -0.25) is 0 Å². The zero-order valence-corrected chi connectivity index (χ0v) is 13.8. The van der Waals surface area contributed by atoms with E-state index in [9.17, 15) is 9.18 Å². The number of carbonyl (C=O) groups is 1. The molecule has 0 fully saturated rings. The molecule has 0 aliphatic heterocycles. The van der Waals surface area contributed by atoms with Crippen molar-refractivity contribution in [2.75, 3.05) is 7.11 Å². The Hall–Kier alpha value is -2.93. The van der Waals surface area contributed by atoms with E-state index in [0.29, 0.717) is 22.7 Å². The maximum absolute atomic E-state index is 12.9.